The number of nitrogens with one attached hydrogen (secondary N) is 1. The van der Waals surface area contributed by atoms with Crippen molar-refractivity contribution in [1.82, 2.24) is 5.32 Å². The van der Waals surface area contributed by atoms with Gasteiger partial charge in [-0.15, -0.1) is 0 Å². The number of ether oxygens (including phenoxy) is 3. The predicted octanol–water partition coefficient (Wildman–Crippen LogP) is 2.36. The molecule has 0 spiro atoms. The van der Waals surface area contributed by atoms with Gasteiger partial charge in [-0.05, 0) is 30.7 Å². The first-order chi connectivity index (χ1) is 12.1. The summed E-state index contributed by atoms with van der Waals surface area (Å²) in [4.78, 5) is 23.7. The number of hydrogen-bond donors (Lipinski definition) is 1. The second kappa shape index (κ2) is 9.32. The maximum absolute atomic E-state index is 12.1. The Morgan fingerprint density at radius 2 is 1.64 bits per heavy atom. The molecule has 0 saturated heterocycles. The molecule has 0 aliphatic heterocycles. The summed E-state index contributed by atoms with van der Waals surface area (Å²) in [6, 6.07) is 14.4. The Morgan fingerprint density at radius 3 is 2.36 bits per heavy atom. The molecule has 25 heavy (non-hydrogen) atoms. The van der Waals surface area contributed by atoms with E-state index in [0.717, 1.165) is 11.3 Å². The molecule has 0 saturated carbocycles. The largest absolute Gasteiger partial charge is 0.496 e. The number of para-hydroxylation sites is 2. The molecule has 2 aromatic rings. The van der Waals surface area contributed by atoms with Crippen LogP contribution in [0.15, 0.2) is 48.5 Å². The molecule has 0 bridgehead atoms. The van der Waals surface area contributed by atoms with Gasteiger partial charge in [-0.3, -0.25) is 9.59 Å². The van der Waals surface area contributed by atoms with Gasteiger partial charge in [0, 0.05) is 0 Å². The van der Waals surface area contributed by atoms with Crippen molar-refractivity contribution in [3.63, 3.8) is 0 Å². The zero-order chi connectivity index (χ0) is 18.1. The van der Waals surface area contributed by atoms with E-state index < -0.39 is 11.9 Å². The van der Waals surface area contributed by atoms with E-state index in [1.165, 1.54) is 7.11 Å². The van der Waals surface area contributed by atoms with Gasteiger partial charge in [-0.2, -0.15) is 0 Å². The molecule has 2 aromatic carbocycles. The van der Waals surface area contributed by atoms with Crippen molar-refractivity contribution in [3.8, 4) is 11.5 Å². The van der Waals surface area contributed by atoms with Crippen LogP contribution in [0.3, 0.4) is 0 Å². The maximum Gasteiger partial charge on any atom is 0.325 e. The third kappa shape index (κ3) is 5.53. The van der Waals surface area contributed by atoms with Gasteiger partial charge in [0.1, 0.15) is 31.3 Å². The standard InChI is InChI=1S/C19H21NO5/c1-14-7-3-5-9-16(14)24-11-12-25-18(21)13-20-19(22)15-8-4-6-10-17(15)23-2/h3-10H,11-13H2,1-2H3,(H,20,22). The average molecular weight is 343 g/mol. The third-order valence-corrected chi connectivity index (χ3v) is 3.44. The Bertz CT molecular complexity index is 729. The van der Waals surface area contributed by atoms with Crippen LogP contribution < -0.4 is 14.8 Å². The van der Waals surface area contributed by atoms with Gasteiger partial charge in [0.2, 0.25) is 0 Å². The molecule has 0 fully saturated rings. The van der Waals surface area contributed by atoms with Gasteiger partial charge in [0.15, 0.2) is 0 Å². The number of carbonyl (C=O) groups excluding carboxylic acids is 2. The number of aryl methyl sites for hydroxylation is 1. The summed E-state index contributed by atoms with van der Waals surface area (Å²) in [5.41, 5.74) is 1.37. The zero-order valence-corrected chi connectivity index (χ0v) is 14.3. The van der Waals surface area contributed by atoms with Gasteiger partial charge >= 0.3 is 5.97 Å². The highest BCUT2D eigenvalue weighted by atomic mass is 16.6. The molecule has 6 heteroatoms. The van der Waals surface area contributed by atoms with E-state index in [9.17, 15) is 9.59 Å². The quantitative estimate of drug-likeness (QED) is 0.588. The van der Waals surface area contributed by atoms with Gasteiger partial charge in [0.05, 0.1) is 12.7 Å². The predicted molar refractivity (Wildman–Crippen MR) is 93.0 cm³/mol. The summed E-state index contributed by atoms with van der Waals surface area (Å²) in [5, 5.41) is 2.51. The van der Waals surface area contributed by atoms with E-state index in [1.807, 2.05) is 31.2 Å². The Balaban J connectivity index is 1.70. The molecule has 0 heterocycles. The van der Waals surface area contributed by atoms with Crippen molar-refractivity contribution >= 4 is 11.9 Å². The van der Waals surface area contributed by atoms with E-state index in [0.29, 0.717) is 11.3 Å². The van der Waals surface area contributed by atoms with Crippen molar-refractivity contribution in [1.29, 1.82) is 0 Å². The van der Waals surface area contributed by atoms with Crippen LogP contribution in [0.25, 0.3) is 0 Å². The number of benzene rings is 2. The highest BCUT2D eigenvalue weighted by Crippen LogP contribution is 2.17. The van der Waals surface area contributed by atoms with Gasteiger partial charge in [-0.1, -0.05) is 30.3 Å². The lowest BCUT2D eigenvalue weighted by Crippen LogP contribution is -2.31. The summed E-state index contributed by atoms with van der Waals surface area (Å²) < 4.78 is 15.7. The SMILES string of the molecule is COc1ccccc1C(=O)NCC(=O)OCCOc1ccccc1C. The normalized spacial score (nSPS) is 10.0. The molecule has 132 valence electrons. The number of esters is 1. The summed E-state index contributed by atoms with van der Waals surface area (Å²) in [7, 11) is 1.48. The maximum atomic E-state index is 12.1. The second-order valence-electron chi connectivity index (χ2n) is 5.22. The topological polar surface area (TPSA) is 73.9 Å². The molecule has 2 rings (SSSR count). The minimum Gasteiger partial charge on any atom is -0.496 e. The smallest absolute Gasteiger partial charge is 0.325 e. The number of carbonyl (C=O) groups is 2. The van der Waals surface area contributed by atoms with Crippen LogP contribution in [0.2, 0.25) is 0 Å². The second-order valence-corrected chi connectivity index (χ2v) is 5.22. The minimum atomic E-state index is -0.531. The number of hydrogen-bond acceptors (Lipinski definition) is 5. The van der Waals surface area contributed by atoms with E-state index in [2.05, 4.69) is 5.32 Å². The fourth-order valence-corrected chi connectivity index (χ4v) is 2.16. The van der Waals surface area contributed by atoms with Crippen LogP contribution in [-0.4, -0.2) is 38.7 Å². The van der Waals surface area contributed by atoms with E-state index in [1.54, 1.807) is 24.3 Å². The van der Waals surface area contributed by atoms with Crippen LogP contribution >= 0.6 is 0 Å². The molecular weight excluding hydrogens is 322 g/mol. The Kier molecular flexibility index (Phi) is 6.83. The molecule has 0 unspecified atom stereocenters. The summed E-state index contributed by atoms with van der Waals surface area (Å²) >= 11 is 0. The third-order valence-electron chi connectivity index (χ3n) is 3.44. The molecular formula is C19H21NO5. The minimum absolute atomic E-state index is 0.109. The molecule has 0 aliphatic rings. The Labute approximate surface area is 146 Å². The van der Waals surface area contributed by atoms with Crippen molar-refractivity contribution in [2.24, 2.45) is 0 Å². The first-order valence-electron chi connectivity index (χ1n) is 7.87. The number of rotatable bonds is 8. The van der Waals surface area contributed by atoms with Crippen LogP contribution in [0.1, 0.15) is 15.9 Å². The van der Waals surface area contributed by atoms with Crippen LogP contribution in [-0.2, 0) is 9.53 Å². The van der Waals surface area contributed by atoms with E-state index >= 15 is 0 Å². The molecule has 6 nitrogen and oxygen atoms in total. The molecule has 0 atom stereocenters. The summed E-state index contributed by atoms with van der Waals surface area (Å²) in [6.45, 7) is 2.07. The monoisotopic (exact) mass is 343 g/mol. The number of amides is 1. The highest BCUT2D eigenvalue weighted by Gasteiger charge is 2.13. The van der Waals surface area contributed by atoms with Gasteiger partial charge in [0.25, 0.3) is 5.91 Å². The Morgan fingerprint density at radius 1 is 0.960 bits per heavy atom. The molecule has 0 aliphatic carbocycles. The number of methoxy groups -OCH3 is 1. The van der Waals surface area contributed by atoms with E-state index in [-0.39, 0.29) is 19.8 Å². The van der Waals surface area contributed by atoms with Gasteiger partial charge < -0.3 is 19.5 Å². The average Bonchev–Trinajstić information content (AvgIpc) is 2.64. The Hall–Kier alpha value is -3.02. The van der Waals surface area contributed by atoms with Crippen molar-refractivity contribution in [2.45, 2.75) is 6.92 Å². The lowest BCUT2D eigenvalue weighted by Gasteiger charge is -2.10. The lowest BCUT2D eigenvalue weighted by molar-refractivity contribution is -0.143. The van der Waals surface area contributed by atoms with Crippen LogP contribution in [0, 0.1) is 6.92 Å². The molecule has 0 aromatic heterocycles. The zero-order valence-electron chi connectivity index (χ0n) is 14.3. The first kappa shape index (κ1) is 18.3. The molecule has 1 amide bonds. The van der Waals surface area contributed by atoms with Crippen molar-refractivity contribution < 1.29 is 23.8 Å². The molecule has 1 N–H and O–H groups in total. The lowest BCUT2D eigenvalue weighted by atomic mass is 10.2. The van der Waals surface area contributed by atoms with Crippen molar-refractivity contribution in [3.05, 3.63) is 59.7 Å². The first-order valence-corrected chi connectivity index (χ1v) is 7.87. The van der Waals surface area contributed by atoms with Crippen LogP contribution in [0.5, 0.6) is 11.5 Å². The molecule has 0 radical (unpaired) electrons. The fourth-order valence-electron chi connectivity index (χ4n) is 2.16. The fraction of sp³-hybridized carbons (Fsp3) is 0.263. The highest BCUT2D eigenvalue weighted by molar-refractivity contribution is 5.98. The van der Waals surface area contributed by atoms with Crippen LogP contribution in [0.4, 0.5) is 0 Å². The van der Waals surface area contributed by atoms with Crippen molar-refractivity contribution in [2.75, 3.05) is 26.9 Å². The van der Waals surface area contributed by atoms with Gasteiger partial charge in [-0.25, -0.2) is 0 Å². The van der Waals surface area contributed by atoms with E-state index in [4.69, 9.17) is 14.2 Å². The summed E-state index contributed by atoms with van der Waals surface area (Å²) in [5.74, 6) is 0.269. The summed E-state index contributed by atoms with van der Waals surface area (Å²) in [6.07, 6.45) is 0.